The smallest absolute Gasteiger partial charge is 0.0400 e. The van der Waals surface area contributed by atoms with Gasteiger partial charge in [0.15, 0.2) is 0 Å². The first-order valence-corrected chi connectivity index (χ1v) is 4.29. The van der Waals surface area contributed by atoms with Crippen LogP contribution in [0, 0.1) is 5.92 Å². The topological polar surface area (TPSA) is 12.4 Å². The van der Waals surface area contributed by atoms with Crippen molar-refractivity contribution in [2.24, 2.45) is 10.9 Å². The molecule has 64 valence electrons. The van der Waals surface area contributed by atoms with E-state index in [1.807, 2.05) is 12.3 Å². The Labute approximate surface area is 74.2 Å². The lowest BCUT2D eigenvalue weighted by Crippen LogP contribution is -1.95. The zero-order valence-corrected chi connectivity index (χ0v) is 8.18. The lowest BCUT2D eigenvalue weighted by molar-refractivity contribution is 0.783. The molecular weight excluding hydrogens is 146 g/mol. The molecule has 1 nitrogen and oxygen atoms in total. The molecule has 1 heteroatoms. The Morgan fingerprint density at radius 1 is 1.33 bits per heavy atom. The van der Waals surface area contributed by atoms with Crippen LogP contribution in [-0.2, 0) is 0 Å². The summed E-state index contributed by atoms with van der Waals surface area (Å²) in [4.78, 5) is 4.03. The summed E-state index contributed by atoms with van der Waals surface area (Å²) in [6.07, 6.45) is 3.84. The van der Waals surface area contributed by atoms with E-state index in [1.54, 1.807) is 0 Å². The minimum atomic E-state index is 0.550. The second-order valence-corrected chi connectivity index (χ2v) is 3.45. The lowest BCUT2D eigenvalue weighted by atomic mass is 9.95. The lowest BCUT2D eigenvalue weighted by Gasteiger charge is -2.10. The molecule has 0 fully saturated rings. The Balaban J connectivity index is 3.17. The van der Waals surface area contributed by atoms with Crippen molar-refractivity contribution in [2.45, 2.75) is 27.7 Å². The average molecular weight is 161 g/mol. The standard InChI is InChI=1S/C11H15N/c1-8(2)11-5-6-12-7-9(3)10(11)4/h5,7-8H,1-4H3. The Morgan fingerprint density at radius 2 is 2.00 bits per heavy atom. The maximum Gasteiger partial charge on any atom is 0.0400 e. The van der Waals surface area contributed by atoms with Crippen molar-refractivity contribution >= 4 is 5.87 Å². The third-order valence-corrected chi connectivity index (χ3v) is 2.20. The summed E-state index contributed by atoms with van der Waals surface area (Å²) in [5.74, 6) is 3.46. The molecule has 0 aromatic carbocycles. The van der Waals surface area contributed by atoms with Gasteiger partial charge < -0.3 is 0 Å². The fourth-order valence-corrected chi connectivity index (χ4v) is 1.27. The fraction of sp³-hybridized carbons (Fsp3) is 0.455. The summed E-state index contributed by atoms with van der Waals surface area (Å²) in [6.45, 7) is 8.60. The van der Waals surface area contributed by atoms with Crippen LogP contribution >= 0.6 is 0 Å². The monoisotopic (exact) mass is 161 g/mol. The van der Waals surface area contributed by atoms with Gasteiger partial charge in [0.2, 0.25) is 0 Å². The van der Waals surface area contributed by atoms with Gasteiger partial charge in [0.25, 0.3) is 0 Å². The van der Waals surface area contributed by atoms with Crippen LogP contribution < -0.4 is 0 Å². The van der Waals surface area contributed by atoms with Crippen LogP contribution in [0.25, 0.3) is 0 Å². The summed E-state index contributed by atoms with van der Waals surface area (Å²) in [6, 6.07) is 0. The molecule has 1 rings (SSSR count). The molecule has 0 saturated carbocycles. The third-order valence-electron chi connectivity index (χ3n) is 2.20. The van der Waals surface area contributed by atoms with Gasteiger partial charge in [0.05, 0.1) is 0 Å². The van der Waals surface area contributed by atoms with Gasteiger partial charge in [-0.25, -0.2) is 4.99 Å². The highest BCUT2D eigenvalue weighted by Gasteiger charge is 2.06. The molecule has 0 unspecified atom stereocenters. The molecule has 12 heavy (non-hydrogen) atoms. The van der Waals surface area contributed by atoms with E-state index < -0.39 is 0 Å². The number of hydrogen-bond donors (Lipinski definition) is 0. The minimum absolute atomic E-state index is 0.550. The highest BCUT2D eigenvalue weighted by molar-refractivity contribution is 5.62. The Kier molecular flexibility index (Phi) is 2.67. The van der Waals surface area contributed by atoms with Crippen molar-refractivity contribution in [1.82, 2.24) is 0 Å². The minimum Gasteiger partial charge on any atom is -0.214 e. The van der Waals surface area contributed by atoms with Crippen LogP contribution in [0.3, 0.4) is 0 Å². The zero-order chi connectivity index (χ0) is 9.14. The molecule has 0 aliphatic carbocycles. The van der Waals surface area contributed by atoms with E-state index in [9.17, 15) is 0 Å². The van der Waals surface area contributed by atoms with E-state index in [4.69, 9.17) is 0 Å². The Hall–Kier alpha value is -1.07. The van der Waals surface area contributed by atoms with Crippen LogP contribution in [-0.4, -0.2) is 5.87 Å². The van der Waals surface area contributed by atoms with E-state index in [0.717, 1.165) is 0 Å². The van der Waals surface area contributed by atoms with E-state index in [-0.39, 0.29) is 0 Å². The highest BCUT2D eigenvalue weighted by Crippen LogP contribution is 2.22. The third kappa shape index (κ3) is 1.75. The van der Waals surface area contributed by atoms with E-state index in [1.165, 1.54) is 16.7 Å². The first kappa shape index (κ1) is 9.02. The van der Waals surface area contributed by atoms with Gasteiger partial charge in [-0.1, -0.05) is 13.8 Å². The Morgan fingerprint density at radius 3 is 2.58 bits per heavy atom. The molecule has 1 aliphatic rings. The quantitative estimate of drug-likeness (QED) is 0.560. The molecule has 1 heterocycles. The molecule has 0 aromatic heterocycles. The van der Waals surface area contributed by atoms with Crippen LogP contribution in [0.15, 0.2) is 34.0 Å². The van der Waals surface area contributed by atoms with Gasteiger partial charge >= 0.3 is 0 Å². The van der Waals surface area contributed by atoms with Gasteiger partial charge in [-0.15, -0.1) is 0 Å². The second kappa shape index (κ2) is 3.55. The molecule has 0 bridgehead atoms. The fourth-order valence-electron chi connectivity index (χ4n) is 1.27. The molecule has 0 saturated heterocycles. The normalized spacial score (nSPS) is 16.9. The number of aliphatic imine (C=N–C) groups is 1. The zero-order valence-electron chi connectivity index (χ0n) is 8.18. The van der Waals surface area contributed by atoms with Gasteiger partial charge in [0.1, 0.15) is 0 Å². The van der Waals surface area contributed by atoms with E-state index >= 15 is 0 Å². The summed E-state index contributed by atoms with van der Waals surface area (Å²) < 4.78 is 0. The van der Waals surface area contributed by atoms with Gasteiger partial charge in [-0.2, -0.15) is 0 Å². The summed E-state index contributed by atoms with van der Waals surface area (Å²) in [5.41, 5.74) is 3.91. The van der Waals surface area contributed by atoms with E-state index in [2.05, 4.69) is 38.6 Å². The van der Waals surface area contributed by atoms with Crippen LogP contribution in [0.5, 0.6) is 0 Å². The number of hydrogen-bond acceptors (Lipinski definition) is 1. The van der Waals surface area contributed by atoms with Crippen molar-refractivity contribution in [3.05, 3.63) is 29.0 Å². The van der Waals surface area contributed by atoms with Crippen molar-refractivity contribution in [1.29, 1.82) is 0 Å². The van der Waals surface area contributed by atoms with Gasteiger partial charge in [-0.05, 0) is 42.4 Å². The predicted molar refractivity (Wildman–Crippen MR) is 53.3 cm³/mol. The number of allylic oxidation sites excluding steroid dienone is 4. The van der Waals surface area contributed by atoms with Crippen LogP contribution in [0.1, 0.15) is 27.7 Å². The van der Waals surface area contributed by atoms with Gasteiger partial charge in [-0.3, -0.25) is 0 Å². The Bertz CT molecular complexity index is 297. The van der Waals surface area contributed by atoms with Crippen molar-refractivity contribution in [3.8, 4) is 0 Å². The molecule has 0 radical (unpaired) electrons. The number of nitrogens with zero attached hydrogens (tertiary/aromatic N) is 1. The molecule has 0 aromatic rings. The van der Waals surface area contributed by atoms with Crippen LogP contribution in [0.4, 0.5) is 0 Å². The number of rotatable bonds is 1. The van der Waals surface area contributed by atoms with Crippen molar-refractivity contribution < 1.29 is 0 Å². The van der Waals surface area contributed by atoms with E-state index in [0.29, 0.717) is 5.92 Å². The maximum absolute atomic E-state index is 4.03. The molecule has 1 aliphatic heterocycles. The second-order valence-electron chi connectivity index (χ2n) is 3.45. The summed E-state index contributed by atoms with van der Waals surface area (Å²) >= 11 is 0. The van der Waals surface area contributed by atoms with Crippen molar-refractivity contribution in [2.75, 3.05) is 0 Å². The predicted octanol–water partition coefficient (Wildman–Crippen LogP) is 3.10. The molecular formula is C11H15N. The molecule has 0 N–H and O–H groups in total. The molecule has 0 atom stereocenters. The molecule has 0 spiro atoms. The maximum atomic E-state index is 4.03. The highest BCUT2D eigenvalue weighted by atomic mass is 14.6. The average Bonchev–Trinajstić information content (AvgIpc) is 2.15. The van der Waals surface area contributed by atoms with Gasteiger partial charge in [0, 0.05) is 12.3 Å². The largest absolute Gasteiger partial charge is 0.214 e. The van der Waals surface area contributed by atoms with Crippen LogP contribution in [0.2, 0.25) is 0 Å². The summed E-state index contributed by atoms with van der Waals surface area (Å²) in [5, 5.41) is 0. The first-order valence-electron chi connectivity index (χ1n) is 4.29. The summed E-state index contributed by atoms with van der Waals surface area (Å²) in [7, 11) is 0. The SMILES string of the molecule is CC1=CN=C=CC(C(C)C)=C1C. The molecule has 0 amide bonds. The van der Waals surface area contributed by atoms with Crippen molar-refractivity contribution in [3.63, 3.8) is 0 Å². The first-order chi connectivity index (χ1) is 5.63.